The normalized spacial score (nSPS) is 20.8. The average Bonchev–Trinajstić information content (AvgIpc) is 2.87. The highest BCUT2D eigenvalue weighted by molar-refractivity contribution is 6.30. The van der Waals surface area contributed by atoms with Gasteiger partial charge in [0.1, 0.15) is 11.8 Å². The van der Waals surface area contributed by atoms with E-state index >= 15 is 0 Å². The molecule has 2 aromatic rings. The molecule has 1 aliphatic rings. The van der Waals surface area contributed by atoms with Crippen LogP contribution in [0.2, 0.25) is 5.02 Å². The number of halogens is 1. The van der Waals surface area contributed by atoms with Crippen LogP contribution >= 0.6 is 11.6 Å². The summed E-state index contributed by atoms with van der Waals surface area (Å²) in [5, 5.41) is 15.1. The molecule has 2 aromatic carbocycles. The van der Waals surface area contributed by atoms with Crippen molar-refractivity contribution in [3.63, 3.8) is 0 Å². The van der Waals surface area contributed by atoms with Crippen LogP contribution in [0.4, 0.5) is 0 Å². The van der Waals surface area contributed by atoms with Gasteiger partial charge in [0, 0.05) is 36.2 Å². The van der Waals surface area contributed by atoms with Crippen LogP contribution in [0, 0.1) is 11.3 Å². The number of benzene rings is 2. The van der Waals surface area contributed by atoms with Gasteiger partial charge in [0.25, 0.3) is 5.91 Å². The molecule has 37 heavy (non-hydrogen) atoms. The van der Waals surface area contributed by atoms with Gasteiger partial charge in [0.2, 0.25) is 5.91 Å². The van der Waals surface area contributed by atoms with Gasteiger partial charge in [-0.3, -0.25) is 9.59 Å². The first-order chi connectivity index (χ1) is 17.4. The van der Waals surface area contributed by atoms with E-state index in [1.54, 1.807) is 30.2 Å². The Bertz CT molecular complexity index is 1090. The lowest BCUT2D eigenvalue weighted by molar-refractivity contribution is -0.156. The molecule has 1 aliphatic heterocycles. The lowest BCUT2D eigenvalue weighted by atomic mass is 9.66. The van der Waals surface area contributed by atoms with Crippen molar-refractivity contribution in [2.24, 2.45) is 11.3 Å². The number of ether oxygens (including phenoxy) is 2. The number of carbonyl (C=O) groups excluding carboxylic acids is 2. The van der Waals surface area contributed by atoms with Crippen molar-refractivity contribution in [3.05, 3.63) is 64.7 Å². The number of nitrogens with zero attached hydrogens (tertiary/aromatic N) is 1. The molecule has 0 saturated carbocycles. The largest absolute Gasteiger partial charge is 0.483 e. The lowest BCUT2D eigenvalue weighted by Crippen LogP contribution is -2.60. The molecule has 1 heterocycles. The maximum atomic E-state index is 13.6. The van der Waals surface area contributed by atoms with Crippen LogP contribution in [0.15, 0.2) is 48.5 Å². The molecule has 0 bridgehead atoms. The zero-order valence-electron chi connectivity index (χ0n) is 22.6. The van der Waals surface area contributed by atoms with Crippen LogP contribution in [-0.2, 0) is 19.9 Å². The molecule has 1 fully saturated rings. The van der Waals surface area contributed by atoms with E-state index in [2.05, 4.69) is 5.32 Å². The Labute approximate surface area is 225 Å². The summed E-state index contributed by atoms with van der Waals surface area (Å²) in [6, 6.07) is 13.9. The fourth-order valence-corrected chi connectivity index (χ4v) is 5.04. The Morgan fingerprint density at radius 3 is 2.35 bits per heavy atom. The first-order valence-electron chi connectivity index (χ1n) is 12.7. The second kappa shape index (κ2) is 11.8. The molecule has 0 radical (unpaired) electrons. The number of rotatable bonds is 9. The predicted molar refractivity (Wildman–Crippen MR) is 144 cm³/mol. The summed E-state index contributed by atoms with van der Waals surface area (Å²) in [7, 11) is 1.62. The zero-order valence-corrected chi connectivity index (χ0v) is 23.3. The van der Waals surface area contributed by atoms with E-state index in [0.717, 1.165) is 11.1 Å². The Balaban J connectivity index is 1.67. The fraction of sp³-hybridized carbons (Fsp3) is 0.517. The summed E-state index contributed by atoms with van der Waals surface area (Å²) in [4.78, 5) is 28.1. The third kappa shape index (κ3) is 6.46. The first kappa shape index (κ1) is 29.0. The van der Waals surface area contributed by atoms with E-state index in [-0.39, 0.29) is 30.4 Å². The number of methoxy groups -OCH3 is 1. The summed E-state index contributed by atoms with van der Waals surface area (Å²) in [5.74, 6) is -0.0972. The Hall–Kier alpha value is -2.61. The van der Waals surface area contributed by atoms with Crippen molar-refractivity contribution in [2.75, 3.05) is 26.8 Å². The summed E-state index contributed by atoms with van der Waals surface area (Å²) in [5.41, 5.74) is -0.0997. The van der Waals surface area contributed by atoms with Gasteiger partial charge in [0.15, 0.2) is 6.61 Å². The Morgan fingerprint density at radius 1 is 1.11 bits per heavy atom. The first-order valence-corrected chi connectivity index (χ1v) is 13.1. The van der Waals surface area contributed by atoms with E-state index in [9.17, 15) is 14.7 Å². The smallest absolute Gasteiger partial charge is 0.258 e. The standard InChI is InChI=1S/C29H39ClN2O5/c1-19(2)26(31-25(33)17-37-24-10-8-7-9-23(24)20(3)36-6)27(34)32-16-15-29(35,28(4,5)18-32)21-11-13-22(30)14-12-21/h7-14,19-20,26,35H,15-18H2,1-6H3,(H,31,33)/t20?,26-,29+/m1/s1. The van der Waals surface area contributed by atoms with Crippen LogP contribution in [0.1, 0.15) is 58.3 Å². The molecule has 3 rings (SSSR count). The highest BCUT2D eigenvalue weighted by atomic mass is 35.5. The van der Waals surface area contributed by atoms with Crippen LogP contribution in [0.3, 0.4) is 0 Å². The maximum Gasteiger partial charge on any atom is 0.258 e. The van der Waals surface area contributed by atoms with Gasteiger partial charge in [-0.05, 0) is 43.0 Å². The molecule has 0 aromatic heterocycles. The minimum absolute atomic E-state index is 0.127. The van der Waals surface area contributed by atoms with Gasteiger partial charge in [0.05, 0.1) is 11.7 Å². The molecular formula is C29H39ClN2O5. The molecule has 202 valence electrons. The highest BCUT2D eigenvalue weighted by Gasteiger charge is 2.50. The zero-order chi connectivity index (χ0) is 27.4. The molecule has 0 aliphatic carbocycles. The minimum Gasteiger partial charge on any atom is -0.483 e. The van der Waals surface area contributed by atoms with E-state index in [1.807, 2.05) is 65.0 Å². The van der Waals surface area contributed by atoms with Crippen LogP contribution < -0.4 is 10.1 Å². The van der Waals surface area contributed by atoms with E-state index in [4.69, 9.17) is 21.1 Å². The summed E-state index contributed by atoms with van der Waals surface area (Å²) < 4.78 is 11.2. The van der Waals surface area contributed by atoms with Gasteiger partial charge in [-0.1, -0.05) is 69.6 Å². The number of aliphatic hydroxyl groups is 1. The molecule has 8 heteroatoms. The van der Waals surface area contributed by atoms with Crippen molar-refractivity contribution < 1.29 is 24.2 Å². The molecule has 7 nitrogen and oxygen atoms in total. The number of nitrogens with one attached hydrogen (secondary N) is 1. The second-order valence-corrected chi connectivity index (χ2v) is 11.2. The molecule has 1 saturated heterocycles. The fourth-order valence-electron chi connectivity index (χ4n) is 4.91. The topological polar surface area (TPSA) is 88.1 Å². The van der Waals surface area contributed by atoms with Crippen molar-refractivity contribution in [2.45, 2.75) is 58.8 Å². The van der Waals surface area contributed by atoms with Crippen LogP contribution in [-0.4, -0.2) is 54.7 Å². The quantitative estimate of drug-likeness (QED) is 0.490. The number of para-hydroxylation sites is 1. The van der Waals surface area contributed by atoms with Crippen LogP contribution in [0.5, 0.6) is 5.75 Å². The molecule has 2 N–H and O–H groups in total. The highest BCUT2D eigenvalue weighted by Crippen LogP contribution is 2.46. The van der Waals surface area contributed by atoms with Crippen molar-refractivity contribution in [3.8, 4) is 5.75 Å². The number of piperidine rings is 1. The second-order valence-electron chi connectivity index (χ2n) is 10.8. The molecule has 0 spiro atoms. The monoisotopic (exact) mass is 530 g/mol. The van der Waals surface area contributed by atoms with Crippen LogP contribution in [0.25, 0.3) is 0 Å². The third-order valence-electron chi connectivity index (χ3n) is 7.40. The third-order valence-corrected chi connectivity index (χ3v) is 7.65. The van der Waals surface area contributed by atoms with E-state index in [1.165, 1.54) is 0 Å². The Kier molecular flexibility index (Phi) is 9.27. The summed E-state index contributed by atoms with van der Waals surface area (Å²) >= 11 is 6.04. The van der Waals surface area contributed by atoms with Gasteiger partial charge in [-0.15, -0.1) is 0 Å². The van der Waals surface area contributed by atoms with Crippen molar-refractivity contribution >= 4 is 23.4 Å². The number of hydrogen-bond acceptors (Lipinski definition) is 5. The minimum atomic E-state index is -1.11. The number of hydrogen-bond donors (Lipinski definition) is 2. The van der Waals surface area contributed by atoms with Crippen molar-refractivity contribution in [1.29, 1.82) is 0 Å². The molecule has 3 atom stereocenters. The molecule has 2 amide bonds. The SMILES string of the molecule is COC(C)c1ccccc1OCC(=O)N[C@@H](C(=O)N1CC[C@](O)(c2ccc(Cl)cc2)C(C)(C)C1)C(C)C. The van der Waals surface area contributed by atoms with E-state index in [0.29, 0.717) is 30.3 Å². The van der Waals surface area contributed by atoms with Gasteiger partial charge in [-0.25, -0.2) is 0 Å². The van der Waals surface area contributed by atoms with Gasteiger partial charge < -0.3 is 24.8 Å². The number of carbonyl (C=O) groups is 2. The van der Waals surface area contributed by atoms with E-state index < -0.39 is 17.1 Å². The number of amides is 2. The molecular weight excluding hydrogens is 492 g/mol. The maximum absolute atomic E-state index is 13.6. The lowest BCUT2D eigenvalue weighted by Gasteiger charge is -2.51. The molecule has 1 unspecified atom stereocenters. The summed E-state index contributed by atoms with van der Waals surface area (Å²) in [6.07, 6.45) is 0.196. The van der Waals surface area contributed by atoms with Crippen molar-refractivity contribution in [1.82, 2.24) is 10.2 Å². The summed E-state index contributed by atoms with van der Waals surface area (Å²) in [6.45, 7) is 10.1. The number of likely N-dealkylation sites (tertiary alicyclic amines) is 1. The average molecular weight is 531 g/mol. The predicted octanol–water partition coefficient (Wildman–Crippen LogP) is 4.71. The Morgan fingerprint density at radius 2 is 1.76 bits per heavy atom. The van der Waals surface area contributed by atoms with Gasteiger partial charge >= 0.3 is 0 Å². The van der Waals surface area contributed by atoms with Gasteiger partial charge in [-0.2, -0.15) is 0 Å².